The van der Waals surface area contributed by atoms with Crippen molar-refractivity contribution >= 4 is 19.4 Å². The molecular formula is C21H39NO5P+. The van der Waals surface area contributed by atoms with Crippen molar-refractivity contribution in [2.24, 2.45) is 0 Å². The Kier molecular flexibility index (Phi) is 18.5. The van der Waals surface area contributed by atoms with E-state index in [2.05, 4.69) is 24.2 Å². The van der Waals surface area contributed by atoms with Crippen LogP contribution < -0.4 is 5.09 Å². The molecule has 1 unspecified atom stereocenters. The topological polar surface area (TPSA) is 104 Å². The van der Waals surface area contributed by atoms with Crippen LogP contribution in [0.2, 0.25) is 0 Å². The maximum Gasteiger partial charge on any atom is 0.510 e. The number of hydrogen-bond acceptors (Lipinski definition) is 4. The first kappa shape index (κ1) is 26.9. The largest absolute Gasteiger partial charge is 0.510 e. The van der Waals surface area contributed by atoms with Crippen LogP contribution >= 0.6 is 7.95 Å². The van der Waals surface area contributed by atoms with Gasteiger partial charge in [-0.15, -0.1) is 0 Å². The van der Waals surface area contributed by atoms with Gasteiger partial charge in [-0.1, -0.05) is 75.5 Å². The number of aliphatic carboxylic acids is 1. The monoisotopic (exact) mass is 416 g/mol. The quantitative estimate of drug-likeness (QED) is 0.141. The lowest BCUT2D eigenvalue weighted by molar-refractivity contribution is -0.139. The maximum absolute atomic E-state index is 11.7. The first-order valence-corrected chi connectivity index (χ1v) is 12.0. The summed E-state index contributed by atoms with van der Waals surface area (Å²) in [6.07, 6.45) is 19.9. The fraction of sp³-hybridized carbons (Fsp3) is 0.810. The number of carbonyl (C=O) groups is 2. The van der Waals surface area contributed by atoms with Crippen LogP contribution in [-0.2, 0) is 14.2 Å². The third kappa shape index (κ3) is 15.9. The second-order valence-corrected chi connectivity index (χ2v) is 8.57. The molecule has 0 bridgehead atoms. The zero-order chi connectivity index (χ0) is 21.0. The first-order chi connectivity index (χ1) is 13.5. The van der Waals surface area contributed by atoms with Crippen molar-refractivity contribution in [1.82, 2.24) is 5.09 Å². The molecule has 0 aromatic carbocycles. The standard InChI is InChI=1S/C21H38NO5P/c1-2-3-4-5-6-7-8-9-10-11-12-13-14-15-16-17-20(24)28(27)22-19(18-23)21(25)26/h9-10,19,23H,2-8,11-18H2,1H3,(H-,22,25,26,27)/p+1/t19-/m0/s1. The number of hydrogen-bond donors (Lipinski definition) is 3. The van der Waals surface area contributed by atoms with Gasteiger partial charge >= 0.3 is 19.4 Å². The number of carbonyl (C=O) groups excluding carboxylic acids is 1. The highest BCUT2D eigenvalue weighted by Crippen LogP contribution is 2.21. The molecule has 0 saturated carbocycles. The van der Waals surface area contributed by atoms with Crippen molar-refractivity contribution in [2.45, 2.75) is 103 Å². The Morgan fingerprint density at radius 2 is 1.39 bits per heavy atom. The number of unbranched alkanes of at least 4 members (excludes halogenated alkanes) is 11. The smallest absolute Gasteiger partial charge is 0.480 e. The molecule has 7 heteroatoms. The minimum Gasteiger partial charge on any atom is -0.480 e. The van der Waals surface area contributed by atoms with Gasteiger partial charge < -0.3 is 10.2 Å². The normalized spacial score (nSPS) is 13.0. The SMILES string of the molecule is CCCCCCCCC=CCCCCCCCC(=O)[P+](=O)N[C@@H](CO)C(=O)O. The fourth-order valence-corrected chi connectivity index (χ4v) is 3.82. The highest BCUT2D eigenvalue weighted by atomic mass is 31.1. The number of carboxylic acids is 1. The van der Waals surface area contributed by atoms with Crippen LogP contribution in [0.15, 0.2) is 12.2 Å². The van der Waals surface area contributed by atoms with Crippen LogP contribution in [0.4, 0.5) is 0 Å². The average Bonchev–Trinajstić information content (AvgIpc) is 2.68. The van der Waals surface area contributed by atoms with Crippen molar-refractivity contribution in [1.29, 1.82) is 0 Å². The maximum atomic E-state index is 11.7. The first-order valence-electron chi connectivity index (χ1n) is 10.8. The van der Waals surface area contributed by atoms with Crippen molar-refractivity contribution in [3.8, 4) is 0 Å². The van der Waals surface area contributed by atoms with Gasteiger partial charge in [-0.3, -0.25) is 4.79 Å². The van der Waals surface area contributed by atoms with Gasteiger partial charge in [-0.25, -0.2) is 4.79 Å². The van der Waals surface area contributed by atoms with E-state index in [1.54, 1.807) is 0 Å². The van der Waals surface area contributed by atoms with E-state index in [1.165, 1.54) is 44.9 Å². The van der Waals surface area contributed by atoms with Crippen molar-refractivity contribution < 1.29 is 24.4 Å². The highest BCUT2D eigenvalue weighted by Gasteiger charge is 2.33. The zero-order valence-corrected chi connectivity index (χ0v) is 18.3. The van der Waals surface area contributed by atoms with Gasteiger partial charge in [0.1, 0.15) is 0 Å². The predicted octanol–water partition coefficient (Wildman–Crippen LogP) is 5.33. The number of carboxylic acid groups (broad SMARTS) is 1. The predicted molar refractivity (Wildman–Crippen MR) is 114 cm³/mol. The molecule has 0 rings (SSSR count). The third-order valence-electron chi connectivity index (χ3n) is 4.63. The van der Waals surface area contributed by atoms with E-state index in [0.29, 0.717) is 6.42 Å². The van der Waals surface area contributed by atoms with E-state index < -0.39 is 32.1 Å². The number of rotatable bonds is 20. The summed E-state index contributed by atoms with van der Waals surface area (Å²) in [5.41, 5.74) is -0.479. The molecule has 0 fully saturated rings. The zero-order valence-electron chi connectivity index (χ0n) is 17.4. The lowest BCUT2D eigenvalue weighted by Gasteiger charge is -2.02. The molecule has 0 aromatic rings. The Bertz CT molecular complexity index is 468. The fourth-order valence-electron chi connectivity index (χ4n) is 2.84. The molecular weight excluding hydrogens is 377 g/mol. The molecule has 0 amide bonds. The van der Waals surface area contributed by atoms with Gasteiger partial charge in [-0.2, -0.15) is 0 Å². The van der Waals surface area contributed by atoms with E-state index in [9.17, 15) is 14.2 Å². The summed E-state index contributed by atoms with van der Waals surface area (Å²) in [4.78, 5) is 22.5. The molecule has 0 heterocycles. The second kappa shape index (κ2) is 19.2. The number of allylic oxidation sites excluding steroid dienone is 2. The van der Waals surface area contributed by atoms with Gasteiger partial charge in [0.2, 0.25) is 0 Å². The molecule has 6 nitrogen and oxygen atoms in total. The van der Waals surface area contributed by atoms with E-state index in [0.717, 1.165) is 32.1 Å². The van der Waals surface area contributed by atoms with Crippen LogP contribution in [0.5, 0.6) is 0 Å². The van der Waals surface area contributed by atoms with Gasteiger partial charge in [0.15, 0.2) is 6.04 Å². The van der Waals surface area contributed by atoms with Gasteiger partial charge in [0, 0.05) is 0 Å². The molecule has 0 saturated heterocycles. The summed E-state index contributed by atoms with van der Waals surface area (Å²) in [5.74, 6) is -1.32. The molecule has 0 aliphatic carbocycles. The Labute approximate surface area is 171 Å². The van der Waals surface area contributed by atoms with Crippen molar-refractivity contribution in [2.75, 3.05) is 6.61 Å². The minimum absolute atomic E-state index is 0.179. The Balaban J connectivity index is 3.51. The molecule has 0 radical (unpaired) electrons. The summed E-state index contributed by atoms with van der Waals surface area (Å²) in [5, 5.41) is 19.8. The van der Waals surface area contributed by atoms with E-state index in [-0.39, 0.29) is 6.42 Å². The van der Waals surface area contributed by atoms with Gasteiger partial charge in [-0.05, 0) is 36.7 Å². The number of nitrogens with one attached hydrogen (secondary N) is 1. The van der Waals surface area contributed by atoms with Gasteiger partial charge in [0.05, 0.1) is 13.0 Å². The summed E-state index contributed by atoms with van der Waals surface area (Å²) in [6.45, 7) is 1.54. The Morgan fingerprint density at radius 1 is 0.893 bits per heavy atom. The highest BCUT2D eigenvalue weighted by molar-refractivity contribution is 7.61. The Hall–Kier alpha value is -1.10. The van der Waals surface area contributed by atoms with E-state index in [1.807, 2.05) is 0 Å². The number of aliphatic hydroxyl groups is 1. The lowest BCUT2D eigenvalue weighted by atomic mass is 10.1. The summed E-state index contributed by atoms with van der Waals surface area (Å²) in [6, 6.07) is -1.36. The molecule has 2 atom stereocenters. The molecule has 0 aromatic heterocycles. The third-order valence-corrected chi connectivity index (χ3v) is 5.86. The van der Waals surface area contributed by atoms with Crippen LogP contribution in [0.3, 0.4) is 0 Å². The summed E-state index contributed by atoms with van der Waals surface area (Å²) in [7, 11) is -2.45. The summed E-state index contributed by atoms with van der Waals surface area (Å²) < 4.78 is 11.7. The summed E-state index contributed by atoms with van der Waals surface area (Å²) >= 11 is 0. The molecule has 0 spiro atoms. The van der Waals surface area contributed by atoms with Crippen LogP contribution in [0.25, 0.3) is 0 Å². The van der Waals surface area contributed by atoms with Crippen molar-refractivity contribution in [3.05, 3.63) is 12.2 Å². The Morgan fingerprint density at radius 3 is 1.89 bits per heavy atom. The second-order valence-electron chi connectivity index (χ2n) is 7.22. The minimum atomic E-state index is -2.45. The van der Waals surface area contributed by atoms with Crippen molar-refractivity contribution in [3.63, 3.8) is 0 Å². The molecule has 28 heavy (non-hydrogen) atoms. The van der Waals surface area contributed by atoms with Crippen LogP contribution in [0.1, 0.15) is 96.8 Å². The molecule has 162 valence electrons. The van der Waals surface area contributed by atoms with Crippen LogP contribution in [0, 0.1) is 0 Å². The average molecular weight is 417 g/mol. The molecule has 0 aliphatic rings. The number of aliphatic hydroxyl groups excluding tert-OH is 1. The lowest BCUT2D eigenvalue weighted by Crippen LogP contribution is -2.36. The molecule has 3 N–H and O–H groups in total. The molecule has 0 aliphatic heterocycles. The van der Waals surface area contributed by atoms with E-state index in [4.69, 9.17) is 10.2 Å². The van der Waals surface area contributed by atoms with Crippen LogP contribution in [-0.4, -0.2) is 34.4 Å². The van der Waals surface area contributed by atoms with E-state index >= 15 is 0 Å². The van der Waals surface area contributed by atoms with Gasteiger partial charge in [0.25, 0.3) is 0 Å².